The number of para-hydroxylation sites is 1. The fourth-order valence-electron chi connectivity index (χ4n) is 4.04. The van der Waals surface area contributed by atoms with Gasteiger partial charge < -0.3 is 9.67 Å². The normalized spacial score (nSPS) is 12.4. The molecule has 3 aromatic carbocycles. The lowest BCUT2D eigenvalue weighted by atomic mass is 9.96. The van der Waals surface area contributed by atoms with Crippen LogP contribution in [-0.4, -0.2) is 15.6 Å². The highest BCUT2D eigenvalue weighted by molar-refractivity contribution is 5.84. The van der Waals surface area contributed by atoms with Crippen molar-refractivity contribution >= 4 is 22.9 Å². The molecule has 31 heavy (non-hydrogen) atoms. The zero-order valence-corrected chi connectivity index (χ0v) is 17.5. The van der Waals surface area contributed by atoms with Gasteiger partial charge in [0.2, 0.25) is 0 Å². The van der Waals surface area contributed by atoms with Crippen LogP contribution in [0.15, 0.2) is 97.2 Å². The number of aryl methyl sites for hydroxylation is 1. The first-order valence-corrected chi connectivity index (χ1v) is 10.8. The molecule has 1 heterocycles. The Bertz CT molecular complexity index is 1160. The lowest BCUT2D eigenvalue weighted by Gasteiger charge is -2.09. The van der Waals surface area contributed by atoms with E-state index >= 15 is 0 Å². The Kier molecular flexibility index (Phi) is 6.63. The summed E-state index contributed by atoms with van der Waals surface area (Å²) in [4.78, 5) is 11.8. The Balaban J connectivity index is 1.48. The topological polar surface area (TPSA) is 42.2 Å². The maximum atomic E-state index is 11.8. The van der Waals surface area contributed by atoms with Gasteiger partial charge in [-0.25, -0.2) is 0 Å². The molecule has 0 aliphatic rings. The summed E-state index contributed by atoms with van der Waals surface area (Å²) in [5.74, 6) is -1.12. The van der Waals surface area contributed by atoms with E-state index in [0.29, 0.717) is 12.8 Å². The van der Waals surface area contributed by atoms with Crippen molar-refractivity contribution in [3.05, 3.63) is 114 Å². The average Bonchev–Trinajstić information content (AvgIpc) is 3.15. The Morgan fingerprint density at radius 2 is 1.58 bits per heavy atom. The van der Waals surface area contributed by atoms with Gasteiger partial charge in [0.05, 0.1) is 5.92 Å². The summed E-state index contributed by atoms with van der Waals surface area (Å²) in [5.41, 5.74) is 4.75. The van der Waals surface area contributed by atoms with Crippen molar-refractivity contribution in [3.63, 3.8) is 0 Å². The van der Waals surface area contributed by atoms with E-state index in [1.807, 2.05) is 48.6 Å². The molecule has 0 spiro atoms. The minimum atomic E-state index is -0.731. The fourth-order valence-corrected chi connectivity index (χ4v) is 4.04. The molecule has 4 aromatic rings. The van der Waals surface area contributed by atoms with Gasteiger partial charge in [-0.1, -0.05) is 91.0 Å². The predicted octanol–water partition coefficient (Wildman–Crippen LogP) is 6.43. The van der Waals surface area contributed by atoms with E-state index in [1.165, 1.54) is 22.0 Å². The first kappa shape index (κ1) is 20.7. The standard InChI is InChI=1S/C28H27NO2/c30-28(31)24(15-9-14-22-10-3-1-4-11-22)18-19-25-21-29(20-23-12-5-2-6-13-23)27-17-8-7-16-26(25)27/h1-14,16-17,21,24H,15,18-20H2,(H,30,31)/b14-9-. The molecule has 3 nitrogen and oxygen atoms in total. The summed E-state index contributed by atoms with van der Waals surface area (Å²) in [5, 5.41) is 10.9. The van der Waals surface area contributed by atoms with E-state index in [1.54, 1.807) is 0 Å². The van der Waals surface area contributed by atoms with Crippen LogP contribution in [-0.2, 0) is 17.8 Å². The highest BCUT2D eigenvalue weighted by atomic mass is 16.4. The quantitative estimate of drug-likeness (QED) is 0.346. The average molecular weight is 410 g/mol. The van der Waals surface area contributed by atoms with Crippen LogP contribution in [0.4, 0.5) is 0 Å². The summed E-state index contributed by atoms with van der Waals surface area (Å²) in [6, 6.07) is 28.8. The second-order valence-electron chi connectivity index (χ2n) is 7.91. The van der Waals surface area contributed by atoms with Crippen LogP contribution in [0.3, 0.4) is 0 Å². The van der Waals surface area contributed by atoms with Crippen molar-refractivity contribution in [2.45, 2.75) is 25.8 Å². The molecule has 0 fully saturated rings. The molecule has 3 heteroatoms. The maximum Gasteiger partial charge on any atom is 0.306 e. The van der Waals surface area contributed by atoms with Crippen molar-refractivity contribution in [1.29, 1.82) is 0 Å². The monoisotopic (exact) mass is 409 g/mol. The van der Waals surface area contributed by atoms with Crippen molar-refractivity contribution in [1.82, 2.24) is 4.57 Å². The Labute approximate surface area is 183 Å². The Morgan fingerprint density at radius 1 is 0.903 bits per heavy atom. The minimum Gasteiger partial charge on any atom is -0.481 e. The molecule has 0 saturated heterocycles. The lowest BCUT2D eigenvalue weighted by Crippen LogP contribution is -2.13. The summed E-state index contributed by atoms with van der Waals surface area (Å²) in [6.07, 6.45) is 8.07. The molecule has 0 aliphatic heterocycles. The van der Waals surface area contributed by atoms with Crippen molar-refractivity contribution < 1.29 is 9.90 Å². The van der Waals surface area contributed by atoms with Crippen LogP contribution in [0.2, 0.25) is 0 Å². The number of aromatic nitrogens is 1. The Hall–Kier alpha value is -3.59. The number of carboxylic acid groups (broad SMARTS) is 1. The predicted molar refractivity (Wildman–Crippen MR) is 127 cm³/mol. The van der Waals surface area contributed by atoms with Gasteiger partial charge in [0.25, 0.3) is 0 Å². The van der Waals surface area contributed by atoms with Crippen LogP contribution in [0.25, 0.3) is 17.0 Å². The number of aliphatic carboxylic acids is 1. The second-order valence-corrected chi connectivity index (χ2v) is 7.91. The van der Waals surface area contributed by atoms with Crippen LogP contribution in [0.1, 0.15) is 29.5 Å². The molecule has 4 rings (SSSR count). The van der Waals surface area contributed by atoms with E-state index in [0.717, 1.165) is 18.5 Å². The van der Waals surface area contributed by atoms with Crippen molar-refractivity contribution in [2.75, 3.05) is 0 Å². The number of allylic oxidation sites excluding steroid dienone is 1. The first-order valence-electron chi connectivity index (χ1n) is 10.8. The number of hydrogen-bond acceptors (Lipinski definition) is 1. The van der Waals surface area contributed by atoms with E-state index < -0.39 is 11.9 Å². The number of carbonyl (C=O) groups is 1. The molecule has 0 bridgehead atoms. The molecule has 1 unspecified atom stereocenters. The number of fused-ring (bicyclic) bond motifs is 1. The zero-order chi connectivity index (χ0) is 21.5. The summed E-state index contributed by atoms with van der Waals surface area (Å²) in [6.45, 7) is 0.809. The molecule has 156 valence electrons. The van der Waals surface area contributed by atoms with Crippen LogP contribution >= 0.6 is 0 Å². The SMILES string of the molecule is O=C(O)C(C/C=C\c1ccccc1)CCc1cn(Cc2ccccc2)c2ccccc12. The molecular weight excluding hydrogens is 382 g/mol. The van der Waals surface area contributed by atoms with Crippen molar-refractivity contribution in [2.24, 2.45) is 5.92 Å². The molecule has 0 radical (unpaired) electrons. The summed E-state index contributed by atoms with van der Waals surface area (Å²) < 4.78 is 2.27. The molecule has 1 atom stereocenters. The Morgan fingerprint density at radius 3 is 2.32 bits per heavy atom. The second kappa shape index (κ2) is 9.94. The van der Waals surface area contributed by atoms with Gasteiger partial charge in [-0.15, -0.1) is 0 Å². The van der Waals surface area contributed by atoms with Gasteiger partial charge >= 0.3 is 5.97 Å². The van der Waals surface area contributed by atoms with E-state index in [9.17, 15) is 9.90 Å². The van der Waals surface area contributed by atoms with Crippen LogP contribution in [0.5, 0.6) is 0 Å². The zero-order valence-electron chi connectivity index (χ0n) is 17.5. The highest BCUT2D eigenvalue weighted by Gasteiger charge is 2.17. The van der Waals surface area contributed by atoms with E-state index in [-0.39, 0.29) is 0 Å². The minimum absolute atomic E-state index is 0.392. The number of benzene rings is 3. The van der Waals surface area contributed by atoms with Gasteiger partial charge in [0.1, 0.15) is 0 Å². The molecule has 0 aliphatic carbocycles. The molecule has 0 saturated carbocycles. The van der Waals surface area contributed by atoms with Gasteiger partial charge in [0, 0.05) is 23.6 Å². The number of rotatable bonds is 9. The van der Waals surface area contributed by atoms with E-state index in [4.69, 9.17) is 0 Å². The number of hydrogen-bond donors (Lipinski definition) is 1. The van der Waals surface area contributed by atoms with Crippen LogP contribution in [0, 0.1) is 5.92 Å². The van der Waals surface area contributed by atoms with Gasteiger partial charge in [-0.05, 0) is 42.0 Å². The smallest absolute Gasteiger partial charge is 0.306 e. The number of carboxylic acids is 1. The third kappa shape index (κ3) is 5.32. The largest absolute Gasteiger partial charge is 0.481 e. The fraction of sp³-hybridized carbons (Fsp3) is 0.179. The molecule has 0 amide bonds. The lowest BCUT2D eigenvalue weighted by molar-refractivity contribution is -0.141. The third-order valence-corrected chi connectivity index (χ3v) is 5.71. The van der Waals surface area contributed by atoms with Crippen molar-refractivity contribution in [3.8, 4) is 0 Å². The summed E-state index contributed by atoms with van der Waals surface area (Å²) in [7, 11) is 0. The highest BCUT2D eigenvalue weighted by Crippen LogP contribution is 2.25. The summed E-state index contributed by atoms with van der Waals surface area (Å²) >= 11 is 0. The molecular formula is C28H27NO2. The van der Waals surface area contributed by atoms with Crippen LogP contribution < -0.4 is 0 Å². The van der Waals surface area contributed by atoms with Gasteiger partial charge in [0.15, 0.2) is 0 Å². The first-order chi connectivity index (χ1) is 15.2. The molecule has 1 aromatic heterocycles. The molecule has 1 N–H and O–H groups in total. The number of nitrogens with zero attached hydrogens (tertiary/aromatic N) is 1. The maximum absolute atomic E-state index is 11.8. The van der Waals surface area contributed by atoms with Gasteiger partial charge in [-0.3, -0.25) is 4.79 Å². The van der Waals surface area contributed by atoms with E-state index in [2.05, 4.69) is 59.3 Å². The van der Waals surface area contributed by atoms with Gasteiger partial charge in [-0.2, -0.15) is 0 Å². The third-order valence-electron chi connectivity index (χ3n) is 5.71.